The van der Waals surface area contributed by atoms with Crippen molar-refractivity contribution in [2.75, 3.05) is 5.32 Å². The summed E-state index contributed by atoms with van der Waals surface area (Å²) in [7, 11) is 0. The second kappa shape index (κ2) is 8.47. The first-order chi connectivity index (χ1) is 13.4. The largest absolute Gasteiger partial charge is 0.480 e. The molecule has 3 rings (SSSR count). The Morgan fingerprint density at radius 3 is 2.64 bits per heavy atom. The highest BCUT2D eigenvalue weighted by atomic mass is 16.5. The van der Waals surface area contributed by atoms with Crippen molar-refractivity contribution >= 4 is 17.7 Å². The number of aliphatic carboxylic acids is 1. The Bertz CT molecular complexity index is 959. The van der Waals surface area contributed by atoms with E-state index in [0.29, 0.717) is 29.9 Å². The molecule has 146 valence electrons. The first-order valence-electron chi connectivity index (χ1n) is 8.88. The number of carboxylic acid groups (broad SMARTS) is 1. The summed E-state index contributed by atoms with van der Waals surface area (Å²) >= 11 is 0. The van der Waals surface area contributed by atoms with E-state index in [2.05, 4.69) is 34.4 Å². The molecule has 0 radical (unpaired) electrons. The predicted octanol–water partition coefficient (Wildman–Crippen LogP) is 2.71. The molecule has 0 unspecified atom stereocenters. The quantitative estimate of drug-likeness (QED) is 0.613. The highest BCUT2D eigenvalue weighted by Crippen LogP contribution is 2.20. The van der Waals surface area contributed by atoms with Crippen LogP contribution >= 0.6 is 0 Å². The third kappa shape index (κ3) is 5.03. The summed E-state index contributed by atoms with van der Waals surface area (Å²) in [5, 5.41) is 19.3. The summed E-state index contributed by atoms with van der Waals surface area (Å²) in [4.78, 5) is 27.0. The van der Waals surface area contributed by atoms with Crippen molar-refractivity contribution in [2.24, 2.45) is 0 Å². The van der Waals surface area contributed by atoms with Crippen molar-refractivity contribution in [2.45, 2.75) is 39.2 Å². The number of anilines is 1. The fourth-order valence-corrected chi connectivity index (χ4v) is 2.57. The number of carbonyl (C=O) groups is 2. The smallest absolute Gasteiger partial charge is 0.325 e. The first kappa shape index (κ1) is 19.3. The predicted molar refractivity (Wildman–Crippen MR) is 101 cm³/mol. The number of carboxylic acids is 1. The van der Waals surface area contributed by atoms with Gasteiger partial charge < -0.3 is 14.9 Å². The molecule has 1 amide bonds. The standard InChI is InChI=1S/C19H21N5O4/c1-12(2)13-3-5-14(6-4-13)19-21-17(28-23-19)8-7-16(25)20-15-9-10-24(22-15)11-18(26)27/h3-6,9-10,12H,7-8,11H2,1-2H3,(H,26,27)(H,20,22,25). The number of hydrogen-bond donors (Lipinski definition) is 2. The van der Waals surface area contributed by atoms with Crippen molar-refractivity contribution in [3.05, 3.63) is 48.0 Å². The van der Waals surface area contributed by atoms with Crippen LogP contribution < -0.4 is 5.32 Å². The zero-order chi connectivity index (χ0) is 20.1. The van der Waals surface area contributed by atoms with Gasteiger partial charge in [0.05, 0.1) is 0 Å². The van der Waals surface area contributed by atoms with Crippen molar-refractivity contribution in [1.82, 2.24) is 19.9 Å². The number of amides is 1. The fraction of sp³-hybridized carbons (Fsp3) is 0.316. The van der Waals surface area contributed by atoms with Crippen LogP contribution in [0, 0.1) is 0 Å². The van der Waals surface area contributed by atoms with Crippen LogP contribution in [0.3, 0.4) is 0 Å². The number of carbonyl (C=O) groups excluding carboxylic acids is 1. The molecule has 3 aromatic rings. The zero-order valence-corrected chi connectivity index (χ0v) is 15.6. The Hall–Kier alpha value is -3.49. The molecule has 0 saturated heterocycles. The van der Waals surface area contributed by atoms with Crippen LogP contribution in [0.5, 0.6) is 0 Å². The molecule has 0 spiro atoms. The van der Waals surface area contributed by atoms with Gasteiger partial charge >= 0.3 is 5.97 Å². The van der Waals surface area contributed by atoms with Crippen LogP contribution in [0.1, 0.15) is 37.6 Å². The van der Waals surface area contributed by atoms with Gasteiger partial charge in [0, 0.05) is 30.7 Å². The maximum atomic E-state index is 12.0. The molecule has 2 N–H and O–H groups in total. The molecule has 0 fully saturated rings. The lowest BCUT2D eigenvalue weighted by Crippen LogP contribution is -2.14. The van der Waals surface area contributed by atoms with Gasteiger partial charge in [0.15, 0.2) is 5.82 Å². The number of benzene rings is 1. The average Bonchev–Trinajstić information content (AvgIpc) is 3.29. The Morgan fingerprint density at radius 1 is 1.21 bits per heavy atom. The van der Waals surface area contributed by atoms with Gasteiger partial charge in [-0.2, -0.15) is 10.1 Å². The van der Waals surface area contributed by atoms with Gasteiger partial charge in [-0.05, 0) is 11.5 Å². The number of nitrogens with one attached hydrogen (secondary N) is 1. The van der Waals surface area contributed by atoms with Crippen LogP contribution in [0.15, 0.2) is 41.1 Å². The van der Waals surface area contributed by atoms with Gasteiger partial charge in [-0.1, -0.05) is 43.3 Å². The van der Waals surface area contributed by atoms with E-state index in [0.717, 1.165) is 5.56 Å². The van der Waals surface area contributed by atoms with E-state index in [4.69, 9.17) is 9.63 Å². The molecule has 0 aliphatic heterocycles. The highest BCUT2D eigenvalue weighted by Gasteiger charge is 2.12. The molecular formula is C19H21N5O4. The maximum absolute atomic E-state index is 12.0. The lowest BCUT2D eigenvalue weighted by atomic mass is 10.0. The van der Waals surface area contributed by atoms with Crippen LogP contribution in [0.25, 0.3) is 11.4 Å². The number of hydrogen-bond acceptors (Lipinski definition) is 6. The molecule has 2 aromatic heterocycles. The second-order valence-corrected chi connectivity index (χ2v) is 6.63. The first-order valence-corrected chi connectivity index (χ1v) is 8.88. The van der Waals surface area contributed by atoms with E-state index in [1.165, 1.54) is 22.5 Å². The number of rotatable bonds is 8. The average molecular weight is 383 g/mol. The maximum Gasteiger partial charge on any atom is 0.325 e. The second-order valence-electron chi connectivity index (χ2n) is 6.63. The highest BCUT2D eigenvalue weighted by molar-refractivity contribution is 5.89. The molecule has 0 aliphatic rings. The SMILES string of the molecule is CC(C)c1ccc(-c2noc(CCC(=O)Nc3ccn(CC(=O)O)n3)n2)cc1. The summed E-state index contributed by atoms with van der Waals surface area (Å²) in [5.41, 5.74) is 2.09. The molecule has 9 nitrogen and oxygen atoms in total. The Morgan fingerprint density at radius 2 is 1.96 bits per heavy atom. The number of aromatic nitrogens is 4. The lowest BCUT2D eigenvalue weighted by Gasteiger charge is -2.04. The van der Waals surface area contributed by atoms with E-state index in [9.17, 15) is 9.59 Å². The third-order valence-corrected chi connectivity index (χ3v) is 4.07. The van der Waals surface area contributed by atoms with E-state index in [1.807, 2.05) is 24.3 Å². The molecule has 1 aromatic carbocycles. The van der Waals surface area contributed by atoms with E-state index in [1.54, 1.807) is 0 Å². The third-order valence-electron chi connectivity index (χ3n) is 4.07. The minimum atomic E-state index is -1.01. The van der Waals surface area contributed by atoms with Crippen molar-refractivity contribution < 1.29 is 19.2 Å². The van der Waals surface area contributed by atoms with Crippen LogP contribution in [0.4, 0.5) is 5.82 Å². The van der Waals surface area contributed by atoms with Crippen molar-refractivity contribution in [1.29, 1.82) is 0 Å². The molecular weight excluding hydrogens is 362 g/mol. The van der Waals surface area contributed by atoms with Gasteiger partial charge in [-0.15, -0.1) is 0 Å². The number of nitrogens with zero attached hydrogens (tertiary/aromatic N) is 4. The van der Waals surface area contributed by atoms with Crippen LogP contribution in [-0.4, -0.2) is 36.9 Å². The fourth-order valence-electron chi connectivity index (χ4n) is 2.57. The molecule has 0 bridgehead atoms. The minimum absolute atomic E-state index is 0.139. The van der Waals surface area contributed by atoms with Crippen LogP contribution in [0.2, 0.25) is 0 Å². The minimum Gasteiger partial charge on any atom is -0.480 e. The molecule has 9 heteroatoms. The molecule has 0 atom stereocenters. The summed E-state index contributed by atoms with van der Waals surface area (Å²) in [6, 6.07) is 9.50. The molecule has 0 aliphatic carbocycles. The van der Waals surface area contributed by atoms with Crippen molar-refractivity contribution in [3.63, 3.8) is 0 Å². The van der Waals surface area contributed by atoms with E-state index >= 15 is 0 Å². The Balaban J connectivity index is 1.53. The van der Waals surface area contributed by atoms with Gasteiger partial charge in [-0.3, -0.25) is 14.3 Å². The molecule has 2 heterocycles. The van der Waals surface area contributed by atoms with Gasteiger partial charge in [0.25, 0.3) is 0 Å². The summed E-state index contributed by atoms with van der Waals surface area (Å²) in [6.45, 7) is 3.99. The Kier molecular flexibility index (Phi) is 5.83. The topological polar surface area (TPSA) is 123 Å². The van der Waals surface area contributed by atoms with Gasteiger partial charge in [0.2, 0.25) is 17.6 Å². The van der Waals surface area contributed by atoms with E-state index < -0.39 is 5.97 Å². The summed E-state index contributed by atoms with van der Waals surface area (Å²) < 4.78 is 6.45. The normalized spacial score (nSPS) is 11.0. The lowest BCUT2D eigenvalue weighted by molar-refractivity contribution is -0.137. The monoisotopic (exact) mass is 383 g/mol. The molecule has 0 saturated carbocycles. The number of aryl methyl sites for hydroxylation is 1. The zero-order valence-electron chi connectivity index (χ0n) is 15.6. The van der Waals surface area contributed by atoms with Gasteiger partial charge in [-0.25, -0.2) is 0 Å². The van der Waals surface area contributed by atoms with Crippen molar-refractivity contribution in [3.8, 4) is 11.4 Å². The Labute approximate surface area is 161 Å². The van der Waals surface area contributed by atoms with Crippen LogP contribution in [-0.2, 0) is 22.6 Å². The summed E-state index contributed by atoms with van der Waals surface area (Å²) in [6.07, 6.45) is 1.91. The van der Waals surface area contributed by atoms with E-state index in [-0.39, 0.29) is 18.9 Å². The van der Waals surface area contributed by atoms with Gasteiger partial charge in [0.1, 0.15) is 6.54 Å². The summed E-state index contributed by atoms with van der Waals surface area (Å²) in [5.74, 6) is 0.313. The molecule has 28 heavy (non-hydrogen) atoms.